The molecule has 124 valence electrons. The lowest BCUT2D eigenvalue weighted by atomic mass is 10.2. The number of hydrogen-bond acceptors (Lipinski definition) is 4. The molecule has 0 radical (unpaired) electrons. The molecule has 2 aromatic carbocycles. The Bertz CT molecular complexity index is 1170. The minimum absolute atomic E-state index is 0.140. The second kappa shape index (κ2) is 5.86. The summed E-state index contributed by atoms with van der Waals surface area (Å²) in [4.78, 5) is 27.3. The van der Waals surface area contributed by atoms with Crippen LogP contribution in [0, 0.1) is 6.92 Å². The first-order valence-electron chi connectivity index (χ1n) is 7.85. The first kappa shape index (κ1) is 15.6. The fourth-order valence-electron chi connectivity index (χ4n) is 2.96. The van der Waals surface area contributed by atoms with E-state index < -0.39 is 5.63 Å². The number of anilines is 1. The van der Waals surface area contributed by atoms with Crippen LogP contribution in [0.15, 0.2) is 63.8 Å². The van der Waals surface area contributed by atoms with Crippen LogP contribution in [0.5, 0.6) is 0 Å². The highest BCUT2D eigenvalue weighted by atomic mass is 32.1. The number of rotatable bonds is 2. The maximum atomic E-state index is 12.9. The predicted molar refractivity (Wildman–Crippen MR) is 102 cm³/mol. The summed E-state index contributed by atoms with van der Waals surface area (Å²) in [6, 6.07) is 16.7. The highest BCUT2D eigenvalue weighted by molar-refractivity contribution is 7.21. The number of para-hydroxylation sites is 2. The molecule has 0 atom stereocenters. The molecule has 4 nitrogen and oxygen atoms in total. The van der Waals surface area contributed by atoms with E-state index >= 15 is 0 Å². The van der Waals surface area contributed by atoms with Crippen molar-refractivity contribution < 1.29 is 9.21 Å². The van der Waals surface area contributed by atoms with Crippen molar-refractivity contribution >= 4 is 44.0 Å². The number of thiophene rings is 1. The molecule has 25 heavy (non-hydrogen) atoms. The fraction of sp³-hybridized carbons (Fsp3) is 0.100. The number of carbonyl (C=O) groups excluding carboxylic acids is 1. The summed E-state index contributed by atoms with van der Waals surface area (Å²) in [5.41, 5.74) is 1.99. The molecule has 0 aliphatic carbocycles. The molecular formula is C20H15NO3S. The normalized spacial score (nSPS) is 11.1. The highest BCUT2D eigenvalue weighted by Crippen LogP contribution is 2.32. The third-order valence-electron chi connectivity index (χ3n) is 4.28. The molecule has 0 saturated carbocycles. The SMILES string of the molecule is Cc1ccccc1N(C)C(=O)c1cc2c(=O)oc3ccccc3c2s1. The van der Waals surface area contributed by atoms with Gasteiger partial charge in [-0.3, -0.25) is 4.79 Å². The number of aryl methyl sites for hydroxylation is 1. The van der Waals surface area contributed by atoms with Crippen LogP contribution in [0.25, 0.3) is 21.1 Å². The number of nitrogens with zero attached hydrogens (tertiary/aromatic N) is 1. The Hall–Kier alpha value is -2.92. The molecule has 4 aromatic rings. The number of amides is 1. The van der Waals surface area contributed by atoms with Gasteiger partial charge < -0.3 is 9.32 Å². The Labute approximate surface area is 147 Å². The van der Waals surface area contributed by atoms with Gasteiger partial charge >= 0.3 is 5.63 Å². The lowest BCUT2D eigenvalue weighted by molar-refractivity contribution is 0.0997. The van der Waals surface area contributed by atoms with E-state index in [4.69, 9.17) is 4.42 Å². The summed E-state index contributed by atoms with van der Waals surface area (Å²) in [5.74, 6) is -0.140. The lowest BCUT2D eigenvalue weighted by Crippen LogP contribution is -2.26. The van der Waals surface area contributed by atoms with Crippen molar-refractivity contribution in [3.05, 3.63) is 75.5 Å². The summed E-state index contributed by atoms with van der Waals surface area (Å²) in [6.45, 7) is 1.96. The third kappa shape index (κ3) is 2.53. The van der Waals surface area contributed by atoms with Crippen molar-refractivity contribution in [2.24, 2.45) is 0 Å². The molecule has 2 heterocycles. The first-order valence-corrected chi connectivity index (χ1v) is 8.67. The van der Waals surface area contributed by atoms with Crippen LogP contribution in [0.2, 0.25) is 0 Å². The smallest absolute Gasteiger partial charge is 0.345 e. The highest BCUT2D eigenvalue weighted by Gasteiger charge is 2.20. The van der Waals surface area contributed by atoms with Crippen molar-refractivity contribution in [3.8, 4) is 0 Å². The molecule has 0 saturated heterocycles. The minimum atomic E-state index is -0.414. The molecule has 0 N–H and O–H groups in total. The zero-order valence-corrected chi connectivity index (χ0v) is 14.6. The maximum Gasteiger partial charge on any atom is 0.345 e. The second-order valence-corrected chi connectivity index (χ2v) is 6.94. The Morgan fingerprint density at radius 1 is 1.04 bits per heavy atom. The molecule has 1 amide bonds. The van der Waals surface area contributed by atoms with E-state index in [0.717, 1.165) is 21.3 Å². The predicted octanol–water partition coefficient (Wildman–Crippen LogP) is 4.59. The van der Waals surface area contributed by atoms with E-state index in [0.29, 0.717) is 15.8 Å². The molecule has 0 fully saturated rings. The molecule has 0 bridgehead atoms. The zero-order valence-electron chi connectivity index (χ0n) is 13.8. The van der Waals surface area contributed by atoms with Crippen LogP contribution < -0.4 is 10.5 Å². The van der Waals surface area contributed by atoms with Gasteiger partial charge in [-0.05, 0) is 36.8 Å². The molecule has 4 rings (SSSR count). The van der Waals surface area contributed by atoms with E-state index in [2.05, 4.69) is 0 Å². The number of carbonyl (C=O) groups is 1. The average Bonchev–Trinajstić information content (AvgIpc) is 3.07. The van der Waals surface area contributed by atoms with Crippen molar-refractivity contribution in [2.45, 2.75) is 6.92 Å². The van der Waals surface area contributed by atoms with Gasteiger partial charge in [-0.2, -0.15) is 0 Å². The fourth-order valence-corrected chi connectivity index (χ4v) is 4.11. The van der Waals surface area contributed by atoms with Gasteiger partial charge in [0.25, 0.3) is 5.91 Å². The van der Waals surface area contributed by atoms with Crippen molar-refractivity contribution in [1.82, 2.24) is 0 Å². The number of benzene rings is 2. The minimum Gasteiger partial charge on any atom is -0.422 e. The Balaban J connectivity index is 1.86. The number of hydrogen-bond donors (Lipinski definition) is 0. The Morgan fingerprint density at radius 3 is 2.56 bits per heavy atom. The van der Waals surface area contributed by atoms with Crippen LogP contribution in [0.3, 0.4) is 0 Å². The van der Waals surface area contributed by atoms with Crippen LogP contribution >= 0.6 is 11.3 Å². The van der Waals surface area contributed by atoms with Crippen LogP contribution in [-0.2, 0) is 0 Å². The third-order valence-corrected chi connectivity index (χ3v) is 5.43. The van der Waals surface area contributed by atoms with Gasteiger partial charge in [0.1, 0.15) is 5.58 Å². The van der Waals surface area contributed by atoms with E-state index in [1.165, 1.54) is 11.3 Å². The van der Waals surface area contributed by atoms with Crippen LogP contribution in [0.1, 0.15) is 15.2 Å². The molecule has 5 heteroatoms. The first-order chi connectivity index (χ1) is 12.1. The zero-order chi connectivity index (χ0) is 17.6. The molecule has 0 aliphatic heterocycles. The van der Waals surface area contributed by atoms with Crippen molar-refractivity contribution in [3.63, 3.8) is 0 Å². The Kier molecular flexibility index (Phi) is 3.66. The van der Waals surface area contributed by atoms with Gasteiger partial charge in [0.2, 0.25) is 0 Å². The molecule has 2 aromatic heterocycles. The van der Waals surface area contributed by atoms with E-state index in [9.17, 15) is 9.59 Å². The maximum absolute atomic E-state index is 12.9. The largest absolute Gasteiger partial charge is 0.422 e. The topological polar surface area (TPSA) is 50.5 Å². The quantitative estimate of drug-likeness (QED) is 0.497. The van der Waals surface area contributed by atoms with Crippen molar-refractivity contribution in [1.29, 1.82) is 0 Å². The van der Waals surface area contributed by atoms with Crippen molar-refractivity contribution in [2.75, 3.05) is 11.9 Å². The monoisotopic (exact) mass is 349 g/mol. The lowest BCUT2D eigenvalue weighted by Gasteiger charge is -2.18. The van der Waals surface area contributed by atoms with Crippen LogP contribution in [-0.4, -0.2) is 13.0 Å². The second-order valence-electron chi connectivity index (χ2n) is 5.89. The van der Waals surface area contributed by atoms with E-state index in [1.807, 2.05) is 49.4 Å². The molecule has 0 aliphatic rings. The van der Waals surface area contributed by atoms with Gasteiger partial charge in [0.05, 0.1) is 15.0 Å². The standard InChI is InChI=1S/C20H15NO3S/c1-12-7-3-5-9-15(12)21(2)19(22)17-11-14-18(25-17)13-8-4-6-10-16(13)24-20(14)23/h3-11H,1-2H3. The van der Waals surface area contributed by atoms with Gasteiger partial charge in [0.15, 0.2) is 0 Å². The van der Waals surface area contributed by atoms with Gasteiger partial charge in [0, 0.05) is 18.1 Å². The summed E-state index contributed by atoms with van der Waals surface area (Å²) >= 11 is 1.33. The molecular weight excluding hydrogens is 334 g/mol. The van der Waals surface area contributed by atoms with E-state index in [1.54, 1.807) is 24.1 Å². The molecule has 0 unspecified atom stereocenters. The summed E-state index contributed by atoms with van der Waals surface area (Å²) in [7, 11) is 1.75. The Morgan fingerprint density at radius 2 is 1.76 bits per heavy atom. The van der Waals surface area contributed by atoms with Crippen LogP contribution in [0.4, 0.5) is 5.69 Å². The summed E-state index contributed by atoms with van der Waals surface area (Å²) in [5, 5.41) is 1.30. The van der Waals surface area contributed by atoms with Gasteiger partial charge in [-0.15, -0.1) is 11.3 Å². The van der Waals surface area contributed by atoms with E-state index in [-0.39, 0.29) is 5.91 Å². The average molecular weight is 349 g/mol. The van der Waals surface area contributed by atoms with Gasteiger partial charge in [-0.1, -0.05) is 30.3 Å². The molecule has 0 spiro atoms. The summed E-state index contributed by atoms with van der Waals surface area (Å²) in [6.07, 6.45) is 0. The summed E-state index contributed by atoms with van der Waals surface area (Å²) < 4.78 is 6.14. The number of fused-ring (bicyclic) bond motifs is 3. The van der Waals surface area contributed by atoms with Gasteiger partial charge in [-0.25, -0.2) is 4.79 Å².